The molecular formula is C17H27NO2. The van der Waals surface area contributed by atoms with Gasteiger partial charge < -0.3 is 10.0 Å². The number of anilines is 1. The van der Waals surface area contributed by atoms with E-state index in [2.05, 4.69) is 4.90 Å². The molecule has 0 aliphatic heterocycles. The number of likely N-dealkylation sites (N-methyl/N-ethyl adjacent to an activating group) is 1. The summed E-state index contributed by atoms with van der Waals surface area (Å²) in [6.45, 7) is 5.57. The number of aldehydes is 1. The summed E-state index contributed by atoms with van der Waals surface area (Å²) in [4.78, 5) is 12.7. The minimum absolute atomic E-state index is 0.141. The summed E-state index contributed by atoms with van der Waals surface area (Å²) in [5, 5.41) is 8.90. The summed E-state index contributed by atoms with van der Waals surface area (Å²) in [5.74, 6) is 0. The molecule has 0 unspecified atom stereocenters. The number of carbonyl (C=O) groups excluding carboxylic acids is 1. The van der Waals surface area contributed by atoms with Crippen LogP contribution in [0.25, 0.3) is 0 Å². The van der Waals surface area contributed by atoms with Crippen LogP contribution in [0.2, 0.25) is 0 Å². The standard InChI is InChI=1S/C12H17NO2.C5H10/c1-3-13(6-7-14)12-5-4-11(9-15)10(2)8-12;1-2-4-5-3-1/h4-5,8-9,14H,3,6-7H2,1-2H3;1-5H2. The quantitative estimate of drug-likeness (QED) is 0.836. The Kier molecular flexibility index (Phi) is 7.97. The third-order valence-corrected chi connectivity index (χ3v) is 3.75. The van der Waals surface area contributed by atoms with E-state index in [1.54, 1.807) is 0 Å². The Bertz CT molecular complexity index is 392. The van der Waals surface area contributed by atoms with E-state index in [1.807, 2.05) is 32.0 Å². The fraction of sp³-hybridized carbons (Fsp3) is 0.588. The monoisotopic (exact) mass is 277 g/mol. The van der Waals surface area contributed by atoms with Crippen molar-refractivity contribution >= 4 is 12.0 Å². The Labute approximate surface area is 122 Å². The molecule has 3 heteroatoms. The molecule has 20 heavy (non-hydrogen) atoms. The summed E-state index contributed by atoms with van der Waals surface area (Å²) >= 11 is 0. The van der Waals surface area contributed by atoms with Gasteiger partial charge in [0.05, 0.1) is 6.61 Å². The number of rotatable bonds is 5. The van der Waals surface area contributed by atoms with Gasteiger partial charge in [0.15, 0.2) is 0 Å². The van der Waals surface area contributed by atoms with Crippen LogP contribution in [0.5, 0.6) is 0 Å². The molecule has 0 aromatic heterocycles. The van der Waals surface area contributed by atoms with Gasteiger partial charge in [-0.05, 0) is 37.6 Å². The van der Waals surface area contributed by atoms with Crippen LogP contribution in [0.15, 0.2) is 18.2 Å². The number of carbonyl (C=O) groups is 1. The van der Waals surface area contributed by atoms with Crippen molar-refractivity contribution in [2.24, 2.45) is 0 Å². The molecule has 0 amide bonds. The van der Waals surface area contributed by atoms with Gasteiger partial charge >= 0.3 is 0 Å². The largest absolute Gasteiger partial charge is 0.395 e. The molecule has 0 bridgehead atoms. The molecule has 1 aromatic rings. The summed E-state index contributed by atoms with van der Waals surface area (Å²) in [6, 6.07) is 5.70. The average molecular weight is 277 g/mol. The van der Waals surface area contributed by atoms with E-state index < -0.39 is 0 Å². The van der Waals surface area contributed by atoms with Crippen LogP contribution < -0.4 is 4.90 Å². The minimum atomic E-state index is 0.141. The zero-order valence-corrected chi connectivity index (χ0v) is 12.8. The van der Waals surface area contributed by atoms with E-state index in [0.29, 0.717) is 6.54 Å². The average Bonchev–Trinajstić information content (AvgIpc) is 3.04. The molecule has 3 nitrogen and oxygen atoms in total. The van der Waals surface area contributed by atoms with Crippen LogP contribution in [-0.2, 0) is 0 Å². The number of aliphatic hydroxyl groups is 1. The van der Waals surface area contributed by atoms with Crippen molar-refractivity contribution in [1.29, 1.82) is 0 Å². The molecule has 0 radical (unpaired) electrons. The Morgan fingerprint density at radius 3 is 2.20 bits per heavy atom. The lowest BCUT2D eigenvalue weighted by Crippen LogP contribution is -2.26. The van der Waals surface area contributed by atoms with Gasteiger partial charge in [-0.2, -0.15) is 0 Å². The Hall–Kier alpha value is -1.35. The van der Waals surface area contributed by atoms with E-state index in [9.17, 15) is 4.79 Å². The Morgan fingerprint density at radius 1 is 1.20 bits per heavy atom. The predicted molar refractivity (Wildman–Crippen MR) is 84.6 cm³/mol. The van der Waals surface area contributed by atoms with Gasteiger partial charge in [-0.1, -0.05) is 32.1 Å². The molecule has 1 saturated carbocycles. The molecular weight excluding hydrogens is 250 g/mol. The van der Waals surface area contributed by atoms with Crippen molar-refractivity contribution in [1.82, 2.24) is 0 Å². The fourth-order valence-electron chi connectivity index (χ4n) is 2.46. The predicted octanol–water partition coefficient (Wildman–Crippen LogP) is 3.58. The molecule has 1 aliphatic rings. The van der Waals surface area contributed by atoms with Crippen LogP contribution in [0.3, 0.4) is 0 Å². The molecule has 0 heterocycles. The summed E-state index contributed by atoms with van der Waals surface area (Å²) in [6.07, 6.45) is 8.36. The lowest BCUT2D eigenvalue weighted by Gasteiger charge is -2.22. The van der Waals surface area contributed by atoms with Crippen molar-refractivity contribution < 1.29 is 9.90 Å². The molecule has 112 valence electrons. The van der Waals surface area contributed by atoms with Crippen LogP contribution in [0.1, 0.15) is 54.9 Å². The second-order valence-corrected chi connectivity index (χ2v) is 5.23. The van der Waals surface area contributed by atoms with E-state index in [1.165, 1.54) is 32.1 Å². The molecule has 2 rings (SSSR count). The SMILES string of the molecule is C1CCCC1.CCN(CCO)c1ccc(C=O)c(C)c1. The number of aryl methyl sites for hydroxylation is 1. The maximum atomic E-state index is 10.7. The molecule has 1 aromatic carbocycles. The van der Waals surface area contributed by atoms with Crippen LogP contribution in [0.4, 0.5) is 5.69 Å². The first kappa shape index (κ1) is 16.7. The first-order valence-corrected chi connectivity index (χ1v) is 7.64. The number of nitrogens with zero attached hydrogens (tertiary/aromatic N) is 1. The van der Waals surface area contributed by atoms with Crippen LogP contribution >= 0.6 is 0 Å². The second-order valence-electron chi connectivity index (χ2n) is 5.23. The van der Waals surface area contributed by atoms with Gasteiger partial charge in [-0.3, -0.25) is 4.79 Å². The van der Waals surface area contributed by atoms with Gasteiger partial charge in [0.2, 0.25) is 0 Å². The van der Waals surface area contributed by atoms with Crippen molar-refractivity contribution in [3.63, 3.8) is 0 Å². The highest BCUT2D eigenvalue weighted by molar-refractivity contribution is 5.78. The highest BCUT2D eigenvalue weighted by Crippen LogP contribution is 2.18. The highest BCUT2D eigenvalue weighted by atomic mass is 16.3. The summed E-state index contributed by atoms with van der Waals surface area (Å²) in [5.41, 5.74) is 2.74. The smallest absolute Gasteiger partial charge is 0.150 e. The number of benzene rings is 1. The maximum Gasteiger partial charge on any atom is 0.150 e. The fourth-order valence-corrected chi connectivity index (χ4v) is 2.46. The van der Waals surface area contributed by atoms with E-state index in [4.69, 9.17) is 5.11 Å². The van der Waals surface area contributed by atoms with Crippen molar-refractivity contribution in [2.75, 3.05) is 24.6 Å². The minimum Gasteiger partial charge on any atom is -0.395 e. The van der Waals surface area contributed by atoms with Crippen molar-refractivity contribution in [3.05, 3.63) is 29.3 Å². The van der Waals surface area contributed by atoms with Crippen LogP contribution in [0, 0.1) is 6.92 Å². The zero-order chi connectivity index (χ0) is 14.8. The Morgan fingerprint density at radius 2 is 1.80 bits per heavy atom. The third-order valence-electron chi connectivity index (χ3n) is 3.75. The van der Waals surface area contributed by atoms with Gasteiger partial charge in [0, 0.05) is 24.3 Å². The number of hydrogen-bond donors (Lipinski definition) is 1. The lowest BCUT2D eigenvalue weighted by molar-refractivity contribution is 0.112. The van der Waals surface area contributed by atoms with E-state index in [-0.39, 0.29) is 6.61 Å². The molecule has 1 aliphatic carbocycles. The Balaban J connectivity index is 0.000000333. The van der Waals surface area contributed by atoms with Crippen LogP contribution in [-0.4, -0.2) is 31.1 Å². The molecule has 0 atom stereocenters. The molecule has 1 N–H and O–H groups in total. The van der Waals surface area contributed by atoms with Crippen molar-refractivity contribution in [3.8, 4) is 0 Å². The van der Waals surface area contributed by atoms with Gasteiger partial charge in [-0.25, -0.2) is 0 Å². The number of aliphatic hydroxyl groups excluding tert-OH is 1. The lowest BCUT2D eigenvalue weighted by atomic mass is 10.1. The first-order chi connectivity index (χ1) is 9.72. The van der Waals surface area contributed by atoms with Crippen molar-refractivity contribution in [2.45, 2.75) is 46.0 Å². The highest BCUT2D eigenvalue weighted by Gasteiger charge is 2.05. The summed E-state index contributed by atoms with van der Waals surface area (Å²) in [7, 11) is 0. The van der Waals surface area contributed by atoms with E-state index >= 15 is 0 Å². The number of hydrogen-bond acceptors (Lipinski definition) is 3. The van der Waals surface area contributed by atoms with Gasteiger partial charge in [0.25, 0.3) is 0 Å². The maximum absolute atomic E-state index is 10.7. The topological polar surface area (TPSA) is 40.5 Å². The third kappa shape index (κ3) is 5.33. The molecule has 1 fully saturated rings. The zero-order valence-electron chi connectivity index (χ0n) is 12.8. The molecule has 0 spiro atoms. The first-order valence-electron chi connectivity index (χ1n) is 7.64. The summed E-state index contributed by atoms with van der Waals surface area (Å²) < 4.78 is 0. The van der Waals surface area contributed by atoms with E-state index in [0.717, 1.165) is 29.6 Å². The van der Waals surface area contributed by atoms with Gasteiger partial charge in [-0.15, -0.1) is 0 Å². The second kappa shape index (κ2) is 9.54. The van der Waals surface area contributed by atoms with Gasteiger partial charge in [0.1, 0.15) is 6.29 Å². The normalized spacial score (nSPS) is 13.6. The molecule has 0 saturated heterocycles.